The molecule has 0 aromatic rings. The molecule has 0 spiro atoms. The Hall–Kier alpha value is -1.30. The van der Waals surface area contributed by atoms with Crippen LogP contribution in [0.25, 0.3) is 0 Å². The molecular formula is C8H13NO2. The number of nitriles is 1. The normalized spacial score (nSPS) is 6.91. The van der Waals surface area contributed by atoms with Crippen LogP contribution >= 0.6 is 0 Å². The fourth-order valence-electron chi connectivity index (χ4n) is 0.423. The lowest BCUT2D eigenvalue weighted by Crippen LogP contribution is -1.97. The molecule has 0 saturated heterocycles. The van der Waals surface area contributed by atoms with Gasteiger partial charge in [0.2, 0.25) is 0 Å². The second-order valence-corrected chi connectivity index (χ2v) is 1.67. The standard InChI is InChI=1S/C6H9NO2.C2H4/c1-2-3-4-6(8)9-5-7;1-2/h2-4H2,1H3;1-2H2. The van der Waals surface area contributed by atoms with Gasteiger partial charge in [0.25, 0.3) is 6.26 Å². The Morgan fingerprint density at radius 3 is 2.55 bits per heavy atom. The van der Waals surface area contributed by atoms with Gasteiger partial charge in [-0.1, -0.05) is 13.3 Å². The van der Waals surface area contributed by atoms with Crippen molar-refractivity contribution in [3.63, 3.8) is 0 Å². The maximum atomic E-state index is 10.4. The maximum Gasteiger partial charge on any atom is 0.321 e. The van der Waals surface area contributed by atoms with Gasteiger partial charge in [-0.2, -0.15) is 0 Å². The molecule has 0 saturated carbocycles. The summed E-state index contributed by atoms with van der Waals surface area (Å²) in [5.74, 6) is -0.431. The fraction of sp³-hybridized carbons (Fsp3) is 0.500. The second kappa shape index (κ2) is 11.5. The molecule has 0 amide bonds. The van der Waals surface area contributed by atoms with Crippen LogP contribution in [0.2, 0.25) is 0 Å². The quantitative estimate of drug-likeness (QED) is 0.356. The van der Waals surface area contributed by atoms with Crippen LogP contribution < -0.4 is 0 Å². The van der Waals surface area contributed by atoms with Crippen LogP contribution in [0.3, 0.4) is 0 Å². The minimum absolute atomic E-state index is 0.351. The zero-order chi connectivity index (χ0) is 9.11. The van der Waals surface area contributed by atoms with E-state index in [2.05, 4.69) is 17.9 Å². The number of unbranched alkanes of at least 4 members (excludes halogenated alkanes) is 1. The lowest BCUT2D eigenvalue weighted by atomic mass is 10.3. The Balaban J connectivity index is 0. The molecule has 0 rings (SSSR count). The minimum Gasteiger partial charge on any atom is -0.351 e. The highest BCUT2D eigenvalue weighted by Crippen LogP contribution is 1.94. The topological polar surface area (TPSA) is 50.1 Å². The van der Waals surface area contributed by atoms with Crippen molar-refractivity contribution >= 4 is 5.97 Å². The van der Waals surface area contributed by atoms with E-state index in [-0.39, 0.29) is 0 Å². The molecule has 11 heavy (non-hydrogen) atoms. The van der Waals surface area contributed by atoms with Crippen LogP contribution in [0.15, 0.2) is 13.2 Å². The first-order chi connectivity index (χ1) is 5.31. The predicted octanol–water partition coefficient (Wildman–Crippen LogP) is 2.00. The third-order valence-electron chi connectivity index (χ3n) is 0.894. The molecule has 0 unspecified atom stereocenters. The SMILES string of the molecule is C=C.CCCCC(=O)OC#N. The first kappa shape index (κ1) is 12.4. The molecule has 0 aromatic carbocycles. The van der Waals surface area contributed by atoms with Crippen molar-refractivity contribution in [2.45, 2.75) is 26.2 Å². The van der Waals surface area contributed by atoms with Gasteiger partial charge in [-0.25, -0.2) is 0 Å². The summed E-state index contributed by atoms with van der Waals surface area (Å²) >= 11 is 0. The number of hydrogen-bond donors (Lipinski definition) is 0. The van der Waals surface area contributed by atoms with E-state index >= 15 is 0 Å². The van der Waals surface area contributed by atoms with E-state index in [1.807, 2.05) is 6.92 Å². The summed E-state index contributed by atoms with van der Waals surface area (Å²) in [4.78, 5) is 10.4. The Morgan fingerprint density at radius 2 is 2.18 bits per heavy atom. The summed E-state index contributed by atoms with van der Waals surface area (Å²) in [6, 6.07) is 0. The molecule has 0 heterocycles. The van der Waals surface area contributed by atoms with Gasteiger partial charge in [-0.3, -0.25) is 4.79 Å². The first-order valence-electron chi connectivity index (χ1n) is 3.40. The van der Waals surface area contributed by atoms with E-state index < -0.39 is 5.97 Å². The monoisotopic (exact) mass is 155 g/mol. The van der Waals surface area contributed by atoms with Gasteiger partial charge >= 0.3 is 5.97 Å². The summed E-state index contributed by atoms with van der Waals surface area (Å²) in [6.45, 7) is 7.97. The highest BCUT2D eigenvalue weighted by molar-refractivity contribution is 5.70. The molecule has 62 valence electrons. The number of hydrogen-bond acceptors (Lipinski definition) is 3. The molecule has 0 atom stereocenters. The maximum absolute atomic E-state index is 10.4. The molecule has 3 nitrogen and oxygen atoms in total. The number of nitrogens with zero attached hydrogens (tertiary/aromatic N) is 1. The summed E-state index contributed by atoms with van der Waals surface area (Å²) in [6.07, 6.45) is 3.42. The highest BCUT2D eigenvalue weighted by atomic mass is 16.5. The van der Waals surface area contributed by atoms with Gasteiger partial charge in [0.05, 0.1) is 0 Å². The summed E-state index contributed by atoms with van der Waals surface area (Å²) in [7, 11) is 0. The third kappa shape index (κ3) is 12.0. The molecule has 3 heteroatoms. The molecule has 0 bridgehead atoms. The van der Waals surface area contributed by atoms with Crippen molar-refractivity contribution in [3.8, 4) is 6.26 Å². The summed E-state index contributed by atoms with van der Waals surface area (Å²) < 4.78 is 4.01. The third-order valence-corrected chi connectivity index (χ3v) is 0.894. The van der Waals surface area contributed by atoms with Crippen molar-refractivity contribution in [1.82, 2.24) is 0 Å². The zero-order valence-corrected chi connectivity index (χ0v) is 6.80. The van der Waals surface area contributed by atoms with Gasteiger partial charge in [0.15, 0.2) is 0 Å². The Bertz CT molecular complexity index is 138. The number of esters is 1. The lowest BCUT2D eigenvalue weighted by Gasteiger charge is -1.90. The highest BCUT2D eigenvalue weighted by Gasteiger charge is 1.98. The van der Waals surface area contributed by atoms with E-state index in [1.54, 1.807) is 0 Å². The van der Waals surface area contributed by atoms with E-state index in [9.17, 15) is 4.79 Å². The van der Waals surface area contributed by atoms with E-state index in [0.29, 0.717) is 6.42 Å². The van der Waals surface area contributed by atoms with Crippen LogP contribution in [0.5, 0.6) is 0 Å². The summed E-state index contributed by atoms with van der Waals surface area (Å²) in [5.41, 5.74) is 0. The molecular weight excluding hydrogens is 142 g/mol. The Labute approximate surface area is 67.3 Å². The molecule has 0 aliphatic rings. The smallest absolute Gasteiger partial charge is 0.321 e. The van der Waals surface area contributed by atoms with E-state index in [4.69, 9.17) is 5.26 Å². The number of rotatable bonds is 3. The molecule has 0 fully saturated rings. The van der Waals surface area contributed by atoms with Crippen molar-refractivity contribution in [1.29, 1.82) is 5.26 Å². The van der Waals surface area contributed by atoms with Crippen LogP contribution in [-0.2, 0) is 9.53 Å². The van der Waals surface area contributed by atoms with Crippen LogP contribution in [-0.4, -0.2) is 5.97 Å². The molecule has 0 aliphatic heterocycles. The molecule has 0 aromatic heterocycles. The van der Waals surface area contributed by atoms with Crippen molar-refractivity contribution < 1.29 is 9.53 Å². The van der Waals surface area contributed by atoms with Crippen molar-refractivity contribution in [3.05, 3.63) is 13.2 Å². The van der Waals surface area contributed by atoms with Gasteiger partial charge in [0, 0.05) is 6.42 Å². The average Bonchev–Trinajstić information content (AvgIpc) is 2.05. The van der Waals surface area contributed by atoms with E-state index in [0.717, 1.165) is 12.8 Å². The first-order valence-corrected chi connectivity index (χ1v) is 3.40. The van der Waals surface area contributed by atoms with Crippen molar-refractivity contribution in [2.75, 3.05) is 0 Å². The van der Waals surface area contributed by atoms with E-state index in [1.165, 1.54) is 6.26 Å². The van der Waals surface area contributed by atoms with Gasteiger partial charge in [-0.05, 0) is 6.42 Å². The van der Waals surface area contributed by atoms with Crippen LogP contribution in [0, 0.1) is 11.5 Å². The lowest BCUT2D eigenvalue weighted by molar-refractivity contribution is -0.137. The minimum atomic E-state index is -0.431. The zero-order valence-electron chi connectivity index (χ0n) is 6.80. The Kier molecular flexibility index (Phi) is 12.9. The fourth-order valence-corrected chi connectivity index (χ4v) is 0.423. The van der Waals surface area contributed by atoms with Crippen LogP contribution in [0.4, 0.5) is 0 Å². The number of ether oxygens (including phenoxy) is 1. The van der Waals surface area contributed by atoms with Crippen LogP contribution in [0.1, 0.15) is 26.2 Å². The number of carbonyl (C=O) groups excluding carboxylic acids is 1. The van der Waals surface area contributed by atoms with Gasteiger partial charge in [-0.15, -0.1) is 18.4 Å². The second-order valence-electron chi connectivity index (χ2n) is 1.67. The summed E-state index contributed by atoms with van der Waals surface area (Å²) in [5, 5.41) is 7.84. The van der Waals surface area contributed by atoms with Gasteiger partial charge in [0.1, 0.15) is 0 Å². The van der Waals surface area contributed by atoms with Gasteiger partial charge < -0.3 is 4.74 Å². The number of carbonyl (C=O) groups is 1. The molecule has 0 radical (unpaired) electrons. The van der Waals surface area contributed by atoms with Crippen molar-refractivity contribution in [2.24, 2.45) is 0 Å². The average molecular weight is 155 g/mol. The Morgan fingerprint density at radius 1 is 1.64 bits per heavy atom. The predicted molar refractivity (Wildman–Crippen MR) is 42.5 cm³/mol. The molecule has 0 aliphatic carbocycles. The molecule has 0 N–H and O–H groups in total. The largest absolute Gasteiger partial charge is 0.351 e.